The molecule has 0 spiro atoms. The normalized spacial score (nSPS) is 37.6. The van der Waals surface area contributed by atoms with Crippen LogP contribution in [0.15, 0.2) is 0 Å². The molecule has 0 radical (unpaired) electrons. The molecule has 0 aromatic rings. The van der Waals surface area contributed by atoms with Crippen LogP contribution in [0.5, 0.6) is 0 Å². The summed E-state index contributed by atoms with van der Waals surface area (Å²) in [5, 5.41) is 0. The predicted molar refractivity (Wildman–Crippen MR) is 53.8 cm³/mol. The van der Waals surface area contributed by atoms with E-state index >= 15 is 0 Å². The smallest absolute Gasteiger partial charge is 0.0593 e. The molecule has 2 heteroatoms. The first-order chi connectivity index (χ1) is 6.36. The summed E-state index contributed by atoms with van der Waals surface area (Å²) in [6.45, 7) is 6.73. The largest absolute Gasteiger partial charge is 0.380 e. The Hall–Kier alpha value is -0.0800. The fourth-order valence-electron chi connectivity index (χ4n) is 2.64. The minimum absolute atomic E-state index is 0.872. The van der Waals surface area contributed by atoms with Gasteiger partial charge in [-0.15, -0.1) is 0 Å². The summed E-state index contributed by atoms with van der Waals surface area (Å²) in [4.78, 5) is 2.65. The Morgan fingerprint density at radius 2 is 2.08 bits per heavy atom. The van der Waals surface area contributed by atoms with Crippen molar-refractivity contribution in [2.75, 3.05) is 26.3 Å². The molecule has 2 rings (SSSR count). The molecular weight excluding hydrogens is 162 g/mol. The van der Waals surface area contributed by atoms with Crippen molar-refractivity contribution in [1.29, 1.82) is 0 Å². The highest BCUT2D eigenvalue weighted by Crippen LogP contribution is 2.29. The van der Waals surface area contributed by atoms with Gasteiger partial charge < -0.3 is 4.74 Å². The fraction of sp³-hybridized carbons (Fsp3) is 1.00. The summed E-state index contributed by atoms with van der Waals surface area (Å²) in [5.74, 6) is 0.953. The summed E-state index contributed by atoms with van der Waals surface area (Å²) in [5.41, 5.74) is 0. The predicted octanol–water partition coefficient (Wildman–Crippen LogP) is 1.90. The van der Waals surface area contributed by atoms with Crippen LogP contribution in [0.4, 0.5) is 0 Å². The molecule has 0 amide bonds. The molecule has 0 N–H and O–H groups in total. The zero-order valence-corrected chi connectivity index (χ0v) is 8.67. The second-order valence-electron chi connectivity index (χ2n) is 4.57. The monoisotopic (exact) mass is 183 g/mol. The first-order valence-electron chi connectivity index (χ1n) is 5.68. The van der Waals surface area contributed by atoms with Crippen LogP contribution in [-0.4, -0.2) is 37.2 Å². The van der Waals surface area contributed by atoms with E-state index in [1.165, 1.54) is 32.2 Å². The zero-order valence-electron chi connectivity index (χ0n) is 8.67. The van der Waals surface area contributed by atoms with Crippen LogP contribution in [0, 0.1) is 5.92 Å². The van der Waals surface area contributed by atoms with Crippen LogP contribution in [0.2, 0.25) is 0 Å². The average Bonchev–Trinajstić information content (AvgIpc) is 2.43. The average molecular weight is 183 g/mol. The van der Waals surface area contributed by atoms with Crippen LogP contribution in [-0.2, 0) is 4.74 Å². The summed E-state index contributed by atoms with van der Waals surface area (Å²) < 4.78 is 5.47. The fourth-order valence-corrected chi connectivity index (χ4v) is 2.64. The van der Waals surface area contributed by atoms with Crippen molar-refractivity contribution >= 4 is 0 Å². The van der Waals surface area contributed by atoms with Gasteiger partial charge in [0.05, 0.1) is 6.61 Å². The molecule has 1 heterocycles. The van der Waals surface area contributed by atoms with Crippen LogP contribution < -0.4 is 0 Å². The van der Waals surface area contributed by atoms with E-state index in [0.717, 1.165) is 31.7 Å². The highest BCUT2D eigenvalue weighted by molar-refractivity contribution is 4.81. The van der Waals surface area contributed by atoms with Crippen molar-refractivity contribution < 1.29 is 4.74 Å². The van der Waals surface area contributed by atoms with Crippen LogP contribution >= 0.6 is 0 Å². The SMILES string of the molecule is CC1CCC(N2CCCOCC2)C1. The Morgan fingerprint density at radius 1 is 1.15 bits per heavy atom. The number of hydrogen-bond donors (Lipinski definition) is 0. The summed E-state index contributed by atoms with van der Waals surface area (Å²) >= 11 is 0. The van der Waals surface area contributed by atoms with Crippen molar-refractivity contribution in [3.8, 4) is 0 Å². The van der Waals surface area contributed by atoms with E-state index in [4.69, 9.17) is 4.74 Å². The Morgan fingerprint density at radius 3 is 2.85 bits per heavy atom. The minimum Gasteiger partial charge on any atom is -0.380 e. The molecule has 2 fully saturated rings. The van der Waals surface area contributed by atoms with Gasteiger partial charge >= 0.3 is 0 Å². The molecule has 1 aliphatic heterocycles. The van der Waals surface area contributed by atoms with E-state index < -0.39 is 0 Å². The van der Waals surface area contributed by atoms with Gasteiger partial charge in [0.2, 0.25) is 0 Å². The maximum Gasteiger partial charge on any atom is 0.0593 e. The first-order valence-corrected chi connectivity index (χ1v) is 5.68. The van der Waals surface area contributed by atoms with Crippen molar-refractivity contribution in [3.63, 3.8) is 0 Å². The van der Waals surface area contributed by atoms with Crippen molar-refractivity contribution in [2.24, 2.45) is 5.92 Å². The molecule has 13 heavy (non-hydrogen) atoms. The van der Waals surface area contributed by atoms with Gasteiger partial charge in [0.1, 0.15) is 0 Å². The van der Waals surface area contributed by atoms with Crippen LogP contribution in [0.3, 0.4) is 0 Å². The Kier molecular flexibility index (Phi) is 3.23. The number of rotatable bonds is 1. The van der Waals surface area contributed by atoms with Gasteiger partial charge in [-0.05, 0) is 31.6 Å². The molecule has 1 aliphatic carbocycles. The maximum absolute atomic E-state index is 5.47. The Balaban J connectivity index is 1.84. The van der Waals surface area contributed by atoms with E-state index in [9.17, 15) is 0 Å². The van der Waals surface area contributed by atoms with E-state index in [2.05, 4.69) is 11.8 Å². The van der Waals surface area contributed by atoms with Gasteiger partial charge in [0.15, 0.2) is 0 Å². The van der Waals surface area contributed by atoms with E-state index in [0.29, 0.717) is 0 Å². The second-order valence-corrected chi connectivity index (χ2v) is 4.57. The molecule has 76 valence electrons. The minimum atomic E-state index is 0.872. The lowest BCUT2D eigenvalue weighted by Gasteiger charge is -2.26. The molecular formula is C11H21NO. The van der Waals surface area contributed by atoms with Crippen molar-refractivity contribution in [1.82, 2.24) is 4.90 Å². The quantitative estimate of drug-likeness (QED) is 0.615. The van der Waals surface area contributed by atoms with Crippen LogP contribution in [0.1, 0.15) is 32.6 Å². The molecule has 0 bridgehead atoms. The lowest BCUT2D eigenvalue weighted by molar-refractivity contribution is 0.131. The topological polar surface area (TPSA) is 12.5 Å². The van der Waals surface area contributed by atoms with Gasteiger partial charge in [-0.25, -0.2) is 0 Å². The van der Waals surface area contributed by atoms with Gasteiger partial charge in [-0.2, -0.15) is 0 Å². The maximum atomic E-state index is 5.47. The molecule has 2 unspecified atom stereocenters. The standard InChI is InChI=1S/C11H21NO/c1-10-3-4-11(9-10)12-5-2-7-13-8-6-12/h10-11H,2-9H2,1H3. The number of nitrogens with zero attached hydrogens (tertiary/aromatic N) is 1. The van der Waals surface area contributed by atoms with Crippen molar-refractivity contribution in [2.45, 2.75) is 38.6 Å². The second kappa shape index (κ2) is 4.43. The van der Waals surface area contributed by atoms with E-state index in [1.807, 2.05) is 0 Å². The molecule has 2 atom stereocenters. The van der Waals surface area contributed by atoms with E-state index in [-0.39, 0.29) is 0 Å². The van der Waals surface area contributed by atoms with E-state index in [1.54, 1.807) is 0 Å². The highest BCUT2D eigenvalue weighted by atomic mass is 16.5. The third-order valence-corrected chi connectivity index (χ3v) is 3.44. The van der Waals surface area contributed by atoms with Gasteiger partial charge in [0.25, 0.3) is 0 Å². The highest BCUT2D eigenvalue weighted by Gasteiger charge is 2.26. The number of hydrogen-bond acceptors (Lipinski definition) is 2. The summed E-state index contributed by atoms with van der Waals surface area (Å²) in [6, 6.07) is 0.872. The summed E-state index contributed by atoms with van der Waals surface area (Å²) in [7, 11) is 0. The molecule has 1 saturated heterocycles. The molecule has 2 aliphatic rings. The summed E-state index contributed by atoms with van der Waals surface area (Å²) in [6.07, 6.45) is 5.49. The molecule has 1 saturated carbocycles. The third kappa shape index (κ3) is 2.44. The molecule has 0 aromatic carbocycles. The molecule has 2 nitrogen and oxygen atoms in total. The lowest BCUT2D eigenvalue weighted by Crippen LogP contribution is -2.35. The first kappa shape index (κ1) is 9.47. The van der Waals surface area contributed by atoms with Gasteiger partial charge in [0, 0.05) is 25.7 Å². The van der Waals surface area contributed by atoms with Gasteiger partial charge in [-0.3, -0.25) is 4.90 Å². The van der Waals surface area contributed by atoms with Gasteiger partial charge in [-0.1, -0.05) is 6.92 Å². The third-order valence-electron chi connectivity index (χ3n) is 3.44. The zero-order chi connectivity index (χ0) is 9.10. The van der Waals surface area contributed by atoms with Crippen molar-refractivity contribution in [3.05, 3.63) is 0 Å². The van der Waals surface area contributed by atoms with Crippen LogP contribution in [0.25, 0.3) is 0 Å². The molecule has 0 aromatic heterocycles. The Labute approximate surface area is 81.3 Å². The number of ether oxygens (including phenoxy) is 1. The Bertz CT molecular complexity index is 152. The lowest BCUT2D eigenvalue weighted by atomic mass is 10.1.